The number of ether oxygens (including phenoxy) is 1. The molecule has 0 bridgehead atoms. The Hall–Kier alpha value is -0.790. The highest BCUT2D eigenvalue weighted by Crippen LogP contribution is 2.39. The maximum atomic E-state index is 11.1. The van der Waals surface area contributed by atoms with Crippen LogP contribution in [0.3, 0.4) is 0 Å². The van der Waals surface area contributed by atoms with Crippen molar-refractivity contribution in [2.75, 3.05) is 7.11 Å². The predicted octanol–water partition coefficient (Wildman–Crippen LogP) is 7.08. The average Bonchev–Trinajstić information content (AvgIpc) is 3.08. The lowest BCUT2D eigenvalue weighted by molar-refractivity contribution is -0.140. The zero-order chi connectivity index (χ0) is 18.3. The lowest BCUT2D eigenvalue weighted by Crippen LogP contribution is -2.15. The fourth-order valence-electron chi connectivity index (χ4n) is 4.33. The Labute approximate surface area is 156 Å². The van der Waals surface area contributed by atoms with Crippen LogP contribution in [0.15, 0.2) is 12.2 Å². The summed E-state index contributed by atoms with van der Waals surface area (Å²) in [5.41, 5.74) is 0. The summed E-state index contributed by atoms with van der Waals surface area (Å²) in [6.07, 6.45) is 22.7. The molecule has 1 aliphatic carbocycles. The van der Waals surface area contributed by atoms with Gasteiger partial charge in [-0.3, -0.25) is 4.79 Å². The summed E-state index contributed by atoms with van der Waals surface area (Å²) < 4.78 is 4.70. The van der Waals surface area contributed by atoms with Crippen molar-refractivity contribution in [3.63, 3.8) is 0 Å². The fourth-order valence-corrected chi connectivity index (χ4v) is 4.33. The quantitative estimate of drug-likeness (QED) is 0.190. The van der Waals surface area contributed by atoms with E-state index in [0.717, 1.165) is 30.6 Å². The molecule has 2 heteroatoms. The first kappa shape index (κ1) is 22.3. The average molecular weight is 351 g/mol. The lowest BCUT2D eigenvalue weighted by atomic mass is 9.82. The van der Waals surface area contributed by atoms with Crippen molar-refractivity contribution in [1.29, 1.82) is 0 Å². The zero-order valence-corrected chi connectivity index (χ0v) is 17.1. The topological polar surface area (TPSA) is 26.3 Å². The van der Waals surface area contributed by atoms with Crippen LogP contribution in [0.1, 0.15) is 104 Å². The number of carbonyl (C=O) groups is 1. The predicted molar refractivity (Wildman–Crippen MR) is 108 cm³/mol. The molecule has 0 radical (unpaired) electrons. The second-order valence-electron chi connectivity index (χ2n) is 8.04. The van der Waals surface area contributed by atoms with Gasteiger partial charge in [0.2, 0.25) is 0 Å². The number of esters is 1. The minimum absolute atomic E-state index is 0.0660. The van der Waals surface area contributed by atoms with Crippen LogP contribution in [-0.4, -0.2) is 13.1 Å². The number of methoxy groups -OCH3 is 1. The highest BCUT2D eigenvalue weighted by molar-refractivity contribution is 5.68. The van der Waals surface area contributed by atoms with E-state index in [-0.39, 0.29) is 5.97 Å². The van der Waals surface area contributed by atoms with Crippen LogP contribution in [-0.2, 0) is 9.53 Å². The third-order valence-corrected chi connectivity index (χ3v) is 5.98. The Kier molecular flexibility index (Phi) is 12.8. The van der Waals surface area contributed by atoms with Gasteiger partial charge in [0.1, 0.15) is 0 Å². The van der Waals surface area contributed by atoms with Gasteiger partial charge in [-0.1, -0.05) is 77.4 Å². The molecule has 2 nitrogen and oxygen atoms in total. The van der Waals surface area contributed by atoms with Crippen molar-refractivity contribution >= 4 is 5.97 Å². The third-order valence-electron chi connectivity index (χ3n) is 5.98. The normalized spacial score (nSPS) is 21.7. The molecular formula is C23H42O2. The second kappa shape index (κ2) is 14.4. The van der Waals surface area contributed by atoms with Gasteiger partial charge in [0, 0.05) is 6.42 Å². The number of unbranched alkanes of at least 4 members (excludes halogenated alkanes) is 7. The van der Waals surface area contributed by atoms with Crippen LogP contribution in [0, 0.1) is 17.8 Å². The molecule has 0 aromatic carbocycles. The van der Waals surface area contributed by atoms with E-state index < -0.39 is 0 Å². The number of allylic oxidation sites excluding steroid dienone is 2. The Morgan fingerprint density at radius 3 is 2.60 bits per heavy atom. The Morgan fingerprint density at radius 1 is 1.08 bits per heavy atom. The summed E-state index contributed by atoms with van der Waals surface area (Å²) in [7, 11) is 1.48. The minimum atomic E-state index is -0.0660. The first-order valence-electron chi connectivity index (χ1n) is 10.9. The van der Waals surface area contributed by atoms with Crippen molar-refractivity contribution in [3.8, 4) is 0 Å². The Morgan fingerprint density at radius 2 is 1.84 bits per heavy atom. The van der Waals surface area contributed by atoms with Gasteiger partial charge in [-0.2, -0.15) is 0 Å². The van der Waals surface area contributed by atoms with Crippen molar-refractivity contribution in [2.24, 2.45) is 17.8 Å². The van der Waals surface area contributed by atoms with Gasteiger partial charge in [-0.15, -0.1) is 0 Å². The summed E-state index contributed by atoms with van der Waals surface area (Å²) in [4.78, 5) is 11.1. The molecule has 0 aromatic rings. The van der Waals surface area contributed by atoms with E-state index >= 15 is 0 Å². The van der Waals surface area contributed by atoms with Crippen molar-refractivity contribution in [1.82, 2.24) is 0 Å². The molecule has 25 heavy (non-hydrogen) atoms. The van der Waals surface area contributed by atoms with Gasteiger partial charge >= 0.3 is 5.97 Å². The molecule has 0 N–H and O–H groups in total. The largest absolute Gasteiger partial charge is 0.469 e. The molecular weight excluding hydrogens is 308 g/mol. The SMILES string of the molecule is CCCCCCCC=C[C@H]1CCC[C@@H]1C(C)CCCCCC(=O)OC. The van der Waals surface area contributed by atoms with Crippen LogP contribution in [0.5, 0.6) is 0 Å². The van der Waals surface area contributed by atoms with Crippen LogP contribution in [0.4, 0.5) is 0 Å². The van der Waals surface area contributed by atoms with E-state index in [1.54, 1.807) is 0 Å². The lowest BCUT2D eigenvalue weighted by Gasteiger charge is -2.24. The van der Waals surface area contributed by atoms with Crippen LogP contribution >= 0.6 is 0 Å². The summed E-state index contributed by atoms with van der Waals surface area (Å²) in [6.45, 7) is 4.72. The Bertz CT molecular complexity index is 361. The highest BCUT2D eigenvalue weighted by Gasteiger charge is 2.29. The molecule has 1 aliphatic rings. The number of rotatable bonds is 14. The molecule has 1 rings (SSSR count). The number of hydrogen-bond donors (Lipinski definition) is 0. The molecule has 1 saturated carbocycles. The molecule has 0 aromatic heterocycles. The molecule has 1 unspecified atom stereocenters. The van der Waals surface area contributed by atoms with Gasteiger partial charge in [0.25, 0.3) is 0 Å². The summed E-state index contributed by atoms with van der Waals surface area (Å²) in [5, 5.41) is 0. The maximum Gasteiger partial charge on any atom is 0.305 e. The minimum Gasteiger partial charge on any atom is -0.469 e. The van der Waals surface area contributed by atoms with Gasteiger partial charge in [-0.05, 0) is 49.9 Å². The smallest absolute Gasteiger partial charge is 0.305 e. The highest BCUT2D eigenvalue weighted by atomic mass is 16.5. The number of carbonyl (C=O) groups excluding carboxylic acids is 1. The van der Waals surface area contributed by atoms with Gasteiger partial charge in [0.15, 0.2) is 0 Å². The third kappa shape index (κ3) is 10.1. The van der Waals surface area contributed by atoms with Crippen LogP contribution in [0.2, 0.25) is 0 Å². The zero-order valence-electron chi connectivity index (χ0n) is 17.1. The molecule has 0 amide bonds. The Balaban J connectivity index is 2.16. The summed E-state index contributed by atoms with van der Waals surface area (Å²) >= 11 is 0. The van der Waals surface area contributed by atoms with E-state index in [9.17, 15) is 4.79 Å². The maximum absolute atomic E-state index is 11.1. The number of hydrogen-bond acceptors (Lipinski definition) is 2. The molecule has 3 atom stereocenters. The van der Waals surface area contributed by atoms with E-state index in [1.165, 1.54) is 77.7 Å². The monoisotopic (exact) mass is 350 g/mol. The molecule has 1 fully saturated rings. The van der Waals surface area contributed by atoms with E-state index in [2.05, 4.69) is 26.0 Å². The molecule has 0 aliphatic heterocycles. The standard InChI is InChI=1S/C23H42O2/c1-4-5-6-7-8-9-12-16-21-17-14-18-22(21)20(2)15-11-10-13-19-23(24)25-3/h12,16,20-22H,4-11,13-15,17-19H2,1-3H3/t20?,21-,22+/m0/s1. The summed E-state index contributed by atoms with van der Waals surface area (Å²) in [6, 6.07) is 0. The van der Waals surface area contributed by atoms with Gasteiger partial charge in [-0.25, -0.2) is 0 Å². The van der Waals surface area contributed by atoms with E-state index in [1.807, 2.05) is 0 Å². The molecule has 146 valence electrons. The molecule has 0 saturated heterocycles. The molecule has 0 heterocycles. The van der Waals surface area contributed by atoms with Crippen LogP contribution in [0.25, 0.3) is 0 Å². The fraction of sp³-hybridized carbons (Fsp3) is 0.870. The van der Waals surface area contributed by atoms with Gasteiger partial charge < -0.3 is 4.74 Å². The van der Waals surface area contributed by atoms with E-state index in [4.69, 9.17) is 4.74 Å². The summed E-state index contributed by atoms with van der Waals surface area (Å²) in [5.74, 6) is 2.46. The first-order chi connectivity index (χ1) is 12.2. The first-order valence-corrected chi connectivity index (χ1v) is 10.9. The van der Waals surface area contributed by atoms with E-state index in [0.29, 0.717) is 6.42 Å². The van der Waals surface area contributed by atoms with Gasteiger partial charge in [0.05, 0.1) is 7.11 Å². The van der Waals surface area contributed by atoms with Crippen LogP contribution < -0.4 is 0 Å². The van der Waals surface area contributed by atoms with Crippen molar-refractivity contribution in [2.45, 2.75) is 104 Å². The second-order valence-corrected chi connectivity index (χ2v) is 8.04. The molecule has 0 spiro atoms. The van der Waals surface area contributed by atoms with Crippen molar-refractivity contribution < 1.29 is 9.53 Å². The van der Waals surface area contributed by atoms with Crippen molar-refractivity contribution in [3.05, 3.63) is 12.2 Å².